The first kappa shape index (κ1) is 20.0. The summed E-state index contributed by atoms with van der Waals surface area (Å²) in [5.41, 5.74) is -0.657. The van der Waals surface area contributed by atoms with Gasteiger partial charge in [0.05, 0.1) is 13.2 Å². The lowest BCUT2D eigenvalue weighted by atomic mass is 10.2. The molecule has 0 aliphatic carbocycles. The van der Waals surface area contributed by atoms with Crippen LogP contribution in [-0.2, 0) is 19.0 Å². The van der Waals surface area contributed by atoms with Crippen LogP contribution < -0.4 is 10.1 Å². The molecule has 1 amide bonds. The van der Waals surface area contributed by atoms with Gasteiger partial charge in [0.15, 0.2) is 6.04 Å². The molecule has 144 valence electrons. The van der Waals surface area contributed by atoms with Crippen LogP contribution in [0.1, 0.15) is 34.1 Å². The number of hydrogen-bond acceptors (Lipinski definition) is 6. The molecular weight excluding hydrogens is 338 g/mol. The average Bonchev–Trinajstić information content (AvgIpc) is 2.57. The lowest BCUT2D eigenvalue weighted by Crippen LogP contribution is -2.47. The van der Waals surface area contributed by atoms with Gasteiger partial charge in [-0.25, -0.2) is 9.59 Å². The van der Waals surface area contributed by atoms with Crippen LogP contribution >= 0.6 is 0 Å². The van der Waals surface area contributed by atoms with Crippen molar-refractivity contribution >= 4 is 12.1 Å². The normalized spacial score (nSPS) is 24.5. The Labute approximate surface area is 153 Å². The predicted molar refractivity (Wildman–Crippen MR) is 95.0 cm³/mol. The summed E-state index contributed by atoms with van der Waals surface area (Å²) in [6.07, 6.45) is -0.840. The van der Waals surface area contributed by atoms with Crippen LogP contribution in [0.5, 0.6) is 5.75 Å². The topological polar surface area (TPSA) is 83.1 Å². The third-order valence-corrected chi connectivity index (χ3v) is 3.52. The van der Waals surface area contributed by atoms with E-state index in [1.807, 2.05) is 30.3 Å². The molecule has 2 unspecified atom stereocenters. The Hall–Kier alpha value is -2.28. The van der Waals surface area contributed by atoms with Crippen LogP contribution in [0.25, 0.3) is 0 Å². The number of para-hydroxylation sites is 1. The minimum absolute atomic E-state index is 0.0144. The molecule has 7 nitrogen and oxygen atoms in total. The molecule has 0 bridgehead atoms. The summed E-state index contributed by atoms with van der Waals surface area (Å²) in [7, 11) is 0. The quantitative estimate of drug-likeness (QED) is 0.829. The lowest BCUT2D eigenvalue weighted by molar-refractivity contribution is -0.151. The first-order valence-electron chi connectivity index (χ1n) is 8.72. The maximum absolute atomic E-state index is 12.3. The number of ether oxygens (including phenoxy) is 4. The number of benzene rings is 1. The summed E-state index contributed by atoms with van der Waals surface area (Å²) < 4.78 is 22.1. The largest absolute Gasteiger partial charge is 0.488 e. The number of cyclic esters (lactones) is 1. The van der Waals surface area contributed by atoms with E-state index in [-0.39, 0.29) is 25.4 Å². The first-order chi connectivity index (χ1) is 12.2. The molecule has 7 heteroatoms. The second-order valence-electron chi connectivity index (χ2n) is 7.27. The van der Waals surface area contributed by atoms with Gasteiger partial charge in [-0.1, -0.05) is 18.2 Å². The third-order valence-electron chi connectivity index (χ3n) is 3.52. The Kier molecular flexibility index (Phi) is 6.85. The van der Waals surface area contributed by atoms with Crippen molar-refractivity contribution in [3.05, 3.63) is 30.3 Å². The van der Waals surface area contributed by atoms with E-state index in [1.165, 1.54) is 0 Å². The highest BCUT2D eigenvalue weighted by molar-refractivity contribution is 5.81. The summed E-state index contributed by atoms with van der Waals surface area (Å²) in [6.45, 7) is 7.30. The van der Waals surface area contributed by atoms with E-state index in [9.17, 15) is 9.59 Å². The van der Waals surface area contributed by atoms with Crippen LogP contribution in [-0.4, -0.2) is 49.1 Å². The molecule has 1 saturated heterocycles. The van der Waals surface area contributed by atoms with Gasteiger partial charge in [0.2, 0.25) is 0 Å². The van der Waals surface area contributed by atoms with Crippen LogP contribution in [0.15, 0.2) is 30.3 Å². The van der Waals surface area contributed by atoms with Crippen molar-refractivity contribution in [1.82, 2.24) is 5.32 Å². The number of amides is 1. The van der Waals surface area contributed by atoms with Gasteiger partial charge in [0, 0.05) is 6.42 Å². The molecule has 0 saturated carbocycles. The molecule has 1 aromatic carbocycles. The van der Waals surface area contributed by atoms with E-state index in [0.29, 0.717) is 6.42 Å². The van der Waals surface area contributed by atoms with Gasteiger partial charge in [-0.15, -0.1) is 0 Å². The van der Waals surface area contributed by atoms with Gasteiger partial charge in [-0.05, 0) is 39.8 Å². The fraction of sp³-hybridized carbons (Fsp3) is 0.579. The zero-order chi connectivity index (χ0) is 19.2. The molecule has 1 heterocycles. The van der Waals surface area contributed by atoms with Crippen LogP contribution in [0.2, 0.25) is 0 Å². The molecule has 1 N–H and O–H groups in total. The van der Waals surface area contributed by atoms with E-state index < -0.39 is 23.7 Å². The molecule has 2 rings (SSSR count). The summed E-state index contributed by atoms with van der Waals surface area (Å²) >= 11 is 0. The zero-order valence-corrected chi connectivity index (χ0v) is 15.7. The highest BCUT2D eigenvalue weighted by Gasteiger charge is 2.30. The number of hydrogen-bond donors (Lipinski definition) is 1. The average molecular weight is 365 g/mol. The second kappa shape index (κ2) is 8.89. The van der Waals surface area contributed by atoms with Crippen molar-refractivity contribution in [3.8, 4) is 5.75 Å². The van der Waals surface area contributed by atoms with E-state index in [4.69, 9.17) is 18.9 Å². The first-order valence-corrected chi connectivity index (χ1v) is 8.72. The van der Waals surface area contributed by atoms with Gasteiger partial charge >= 0.3 is 12.1 Å². The van der Waals surface area contributed by atoms with Crippen molar-refractivity contribution < 1.29 is 28.5 Å². The summed E-state index contributed by atoms with van der Waals surface area (Å²) in [4.78, 5) is 24.2. The van der Waals surface area contributed by atoms with E-state index >= 15 is 0 Å². The van der Waals surface area contributed by atoms with E-state index in [0.717, 1.165) is 5.75 Å². The standard InChI is InChI=1S/C19H27NO6/c1-13-10-15(25-14-8-6-5-7-9-14)11-23-12-16(17(21)24-13)20-18(22)26-19(2,3)4/h5-9,13,15-16H,10-12H2,1-4H3,(H,20,22)/t13?,15?,16-/m0/s1. The number of rotatable bonds is 3. The van der Waals surface area contributed by atoms with Crippen molar-refractivity contribution in [3.63, 3.8) is 0 Å². The third kappa shape index (κ3) is 6.92. The summed E-state index contributed by atoms with van der Waals surface area (Å²) in [5.74, 6) is 0.172. The Balaban J connectivity index is 1.96. The van der Waals surface area contributed by atoms with Gasteiger partial charge < -0.3 is 24.3 Å². The molecule has 26 heavy (non-hydrogen) atoms. The van der Waals surface area contributed by atoms with Gasteiger partial charge in [-0.2, -0.15) is 0 Å². The van der Waals surface area contributed by atoms with Crippen LogP contribution in [0.4, 0.5) is 4.79 Å². The zero-order valence-electron chi connectivity index (χ0n) is 15.7. The second-order valence-corrected chi connectivity index (χ2v) is 7.27. The summed E-state index contributed by atoms with van der Waals surface area (Å²) in [5, 5.41) is 2.50. The van der Waals surface area contributed by atoms with Crippen molar-refractivity contribution in [1.29, 1.82) is 0 Å². The molecule has 0 spiro atoms. The highest BCUT2D eigenvalue weighted by atomic mass is 16.6. The molecule has 1 aliphatic rings. The number of carbonyl (C=O) groups is 2. The SMILES string of the molecule is CC1CC(Oc2ccccc2)COC[C@H](NC(=O)OC(C)(C)C)C(=O)O1. The Morgan fingerprint density at radius 3 is 2.54 bits per heavy atom. The molecule has 0 radical (unpaired) electrons. The highest BCUT2D eigenvalue weighted by Crippen LogP contribution is 2.17. The Morgan fingerprint density at radius 1 is 1.19 bits per heavy atom. The molecule has 1 aliphatic heterocycles. The molecule has 1 aromatic rings. The Bertz CT molecular complexity index is 598. The number of esters is 1. The minimum Gasteiger partial charge on any atom is -0.488 e. The van der Waals surface area contributed by atoms with Gasteiger partial charge in [-0.3, -0.25) is 0 Å². The molecular formula is C19H27NO6. The van der Waals surface area contributed by atoms with Crippen LogP contribution in [0.3, 0.4) is 0 Å². The van der Waals surface area contributed by atoms with Crippen LogP contribution in [0, 0.1) is 0 Å². The molecule has 1 fully saturated rings. The number of alkyl carbamates (subject to hydrolysis) is 1. The maximum atomic E-state index is 12.3. The monoisotopic (exact) mass is 365 g/mol. The maximum Gasteiger partial charge on any atom is 0.408 e. The van der Waals surface area contributed by atoms with E-state index in [2.05, 4.69) is 5.32 Å². The number of nitrogens with one attached hydrogen (secondary N) is 1. The van der Waals surface area contributed by atoms with Gasteiger partial charge in [0.1, 0.15) is 23.6 Å². The molecule has 3 atom stereocenters. The fourth-order valence-corrected chi connectivity index (χ4v) is 2.48. The smallest absolute Gasteiger partial charge is 0.408 e. The molecule has 0 aromatic heterocycles. The van der Waals surface area contributed by atoms with Gasteiger partial charge in [0.25, 0.3) is 0 Å². The van der Waals surface area contributed by atoms with Crippen molar-refractivity contribution in [2.75, 3.05) is 13.2 Å². The Morgan fingerprint density at radius 2 is 1.88 bits per heavy atom. The van der Waals surface area contributed by atoms with E-state index in [1.54, 1.807) is 27.7 Å². The van der Waals surface area contributed by atoms with Crippen molar-refractivity contribution in [2.45, 2.75) is 58.0 Å². The fourth-order valence-electron chi connectivity index (χ4n) is 2.48. The minimum atomic E-state index is -0.928. The summed E-state index contributed by atoms with van der Waals surface area (Å²) in [6, 6.07) is 8.46. The lowest BCUT2D eigenvalue weighted by Gasteiger charge is -2.23. The predicted octanol–water partition coefficient (Wildman–Crippen LogP) is 2.68. The van der Waals surface area contributed by atoms with Crippen molar-refractivity contribution in [2.24, 2.45) is 0 Å². The number of carbonyl (C=O) groups excluding carboxylic acids is 2.